The van der Waals surface area contributed by atoms with E-state index in [2.05, 4.69) is 26.4 Å². The molecule has 3 unspecified atom stereocenters. The zero-order chi connectivity index (χ0) is 30.5. The lowest BCUT2D eigenvalue weighted by Crippen LogP contribution is -2.24. The first-order valence-corrected chi connectivity index (χ1v) is 15.1. The number of Topliss-reactive ketones (excluding diaryl/α,β-unsaturated/α-hetero) is 1. The highest BCUT2D eigenvalue weighted by Gasteiger charge is 2.30. The van der Waals surface area contributed by atoms with Crippen molar-refractivity contribution in [2.75, 3.05) is 0 Å². The van der Waals surface area contributed by atoms with Crippen LogP contribution in [0.1, 0.15) is 120 Å². The van der Waals surface area contributed by atoms with E-state index in [4.69, 9.17) is 5.11 Å². The molecule has 1 saturated carbocycles. The fraction of sp³-hybridized carbons (Fsp3) is 0.706. The van der Waals surface area contributed by atoms with Gasteiger partial charge in [-0.15, -0.1) is 0 Å². The van der Waals surface area contributed by atoms with Crippen molar-refractivity contribution in [3.63, 3.8) is 0 Å². The van der Waals surface area contributed by atoms with Crippen LogP contribution in [0, 0.1) is 35.5 Å². The fourth-order valence-corrected chi connectivity index (χ4v) is 4.72. The van der Waals surface area contributed by atoms with Gasteiger partial charge in [-0.05, 0) is 81.1 Å². The molecule has 0 aromatic heterocycles. The molecule has 2 aliphatic carbocycles. The van der Waals surface area contributed by atoms with E-state index in [1.165, 1.54) is 12.8 Å². The topological polar surface area (TPSA) is 91.7 Å². The number of hydrogen-bond acceptors (Lipinski definition) is 4. The Morgan fingerprint density at radius 3 is 2.08 bits per heavy atom. The maximum atomic E-state index is 11.4. The third-order valence-corrected chi connectivity index (χ3v) is 6.90. The summed E-state index contributed by atoms with van der Waals surface area (Å²) in [5.74, 6) is 3.79. The first-order valence-electron chi connectivity index (χ1n) is 15.1. The molecule has 0 aromatic carbocycles. The highest BCUT2D eigenvalue weighted by molar-refractivity contribution is 5.86. The average molecular weight is 547 g/mol. The number of carboxylic acid groups (broad SMARTS) is 1. The summed E-state index contributed by atoms with van der Waals surface area (Å²) in [6.45, 7) is 21.8. The molecule has 0 saturated heterocycles. The second kappa shape index (κ2) is 22.4. The number of carboxylic acids is 1. The molecule has 0 spiro atoms. The number of aliphatic hydroxyl groups excluding tert-OH is 1. The van der Waals surface area contributed by atoms with E-state index in [-0.39, 0.29) is 23.5 Å². The van der Waals surface area contributed by atoms with Crippen LogP contribution >= 0.6 is 0 Å². The summed E-state index contributed by atoms with van der Waals surface area (Å²) in [4.78, 5) is 32.9. The second-order valence-electron chi connectivity index (χ2n) is 11.2. The van der Waals surface area contributed by atoms with Crippen molar-refractivity contribution in [3.8, 4) is 0 Å². The van der Waals surface area contributed by atoms with E-state index < -0.39 is 5.97 Å². The Morgan fingerprint density at radius 2 is 1.69 bits per heavy atom. The lowest BCUT2D eigenvalue weighted by molar-refractivity contribution is -0.133. The normalized spacial score (nSPS) is 23.8. The number of carbonyl (C=O) groups excluding carboxylic acids is 2. The quantitative estimate of drug-likeness (QED) is 0.180. The third-order valence-electron chi connectivity index (χ3n) is 6.90. The van der Waals surface area contributed by atoms with E-state index >= 15 is 0 Å². The summed E-state index contributed by atoms with van der Waals surface area (Å²) in [6.07, 6.45) is 14.5. The Balaban J connectivity index is 0. The van der Waals surface area contributed by atoms with Crippen molar-refractivity contribution in [3.05, 3.63) is 41.7 Å². The van der Waals surface area contributed by atoms with Crippen LogP contribution in [0.4, 0.5) is 0 Å². The van der Waals surface area contributed by atoms with Crippen molar-refractivity contribution >= 4 is 17.7 Å². The molecule has 39 heavy (non-hydrogen) atoms. The first-order chi connectivity index (χ1) is 18.4. The summed E-state index contributed by atoms with van der Waals surface area (Å²) < 4.78 is 0. The Morgan fingerprint density at radius 1 is 1.10 bits per heavy atom. The van der Waals surface area contributed by atoms with Gasteiger partial charge in [0.05, 0.1) is 5.76 Å². The maximum absolute atomic E-state index is 11.4. The van der Waals surface area contributed by atoms with Crippen molar-refractivity contribution < 1.29 is 24.6 Å². The van der Waals surface area contributed by atoms with Crippen LogP contribution in [0.15, 0.2) is 41.7 Å². The average Bonchev–Trinajstić information content (AvgIpc) is 3.71. The number of hydrogen-bond donors (Lipinski definition) is 2. The van der Waals surface area contributed by atoms with Gasteiger partial charge >= 0.3 is 5.97 Å². The van der Waals surface area contributed by atoms with Gasteiger partial charge in [0, 0.05) is 23.5 Å². The van der Waals surface area contributed by atoms with Gasteiger partial charge in [-0.25, -0.2) is 9.59 Å². The van der Waals surface area contributed by atoms with E-state index in [0.29, 0.717) is 34.7 Å². The second-order valence-corrected chi connectivity index (χ2v) is 11.2. The van der Waals surface area contributed by atoms with Crippen molar-refractivity contribution in [1.82, 2.24) is 0 Å². The predicted molar refractivity (Wildman–Crippen MR) is 164 cm³/mol. The standard InChI is InChI=1S/C19H28O3.C7H12O.C6H12O.C2H6/c1-5-6-16-11-14(3)17(12-20)9-7-13(2)8-10-18(16)15(4)19(21)22;1-2-3-7(8)6-4-5-6;1-5(2)4-6(3)7;1-2/h7,9,13-14,16,18H,4-6,8,10-11H2,1-3H3,(H,21,22);3,6,8H,2,4-5H2,1H3;5H,4H2,1-3H3;1-2H3/b9-7-;7-3+;;/t13?,14?,16-,18?;;;/m1.../s1. The highest BCUT2D eigenvalue weighted by atomic mass is 16.4. The fourth-order valence-electron chi connectivity index (χ4n) is 4.72. The summed E-state index contributed by atoms with van der Waals surface area (Å²) >= 11 is 0. The van der Waals surface area contributed by atoms with Crippen LogP contribution in [-0.2, 0) is 14.4 Å². The number of aliphatic hydroxyl groups is 1. The molecule has 5 heteroatoms. The minimum absolute atomic E-state index is 0.0123. The Hall–Kier alpha value is -2.39. The zero-order valence-corrected chi connectivity index (χ0v) is 26.4. The third kappa shape index (κ3) is 18.5. The van der Waals surface area contributed by atoms with Crippen LogP contribution < -0.4 is 0 Å². The lowest BCUT2D eigenvalue weighted by atomic mass is 9.73. The molecule has 0 amide bonds. The van der Waals surface area contributed by atoms with Crippen LogP contribution in [0.25, 0.3) is 0 Å². The lowest BCUT2D eigenvalue weighted by Gasteiger charge is -2.31. The van der Waals surface area contributed by atoms with E-state index in [1.807, 2.05) is 59.8 Å². The predicted octanol–water partition coefficient (Wildman–Crippen LogP) is 9.33. The summed E-state index contributed by atoms with van der Waals surface area (Å²) in [6, 6.07) is 0. The minimum atomic E-state index is -0.898. The minimum Gasteiger partial charge on any atom is -0.512 e. The van der Waals surface area contributed by atoms with Gasteiger partial charge < -0.3 is 15.0 Å². The molecule has 0 aromatic rings. The molecule has 224 valence electrons. The summed E-state index contributed by atoms with van der Waals surface area (Å²) in [5, 5.41) is 18.4. The number of carbonyl (C=O) groups is 2. The Labute approximate surface area is 239 Å². The van der Waals surface area contributed by atoms with Crippen LogP contribution in [0.2, 0.25) is 0 Å². The zero-order valence-electron chi connectivity index (χ0n) is 26.4. The van der Waals surface area contributed by atoms with Crippen LogP contribution in [0.5, 0.6) is 0 Å². The summed E-state index contributed by atoms with van der Waals surface area (Å²) in [5.41, 5.74) is 1.01. The molecule has 2 rings (SSSR count). The number of rotatable bonds is 8. The van der Waals surface area contributed by atoms with Crippen LogP contribution in [0.3, 0.4) is 0 Å². The Kier molecular flexibility index (Phi) is 22.3. The molecule has 0 aliphatic heterocycles. The van der Waals surface area contributed by atoms with Gasteiger partial charge in [-0.2, -0.15) is 0 Å². The number of allylic oxidation sites excluding steroid dienone is 5. The van der Waals surface area contributed by atoms with Gasteiger partial charge in [-0.3, -0.25) is 0 Å². The molecule has 0 bridgehead atoms. The van der Waals surface area contributed by atoms with Crippen molar-refractivity contribution in [1.29, 1.82) is 0 Å². The van der Waals surface area contributed by atoms with Gasteiger partial charge in [-0.1, -0.05) is 87.0 Å². The van der Waals surface area contributed by atoms with E-state index in [9.17, 15) is 19.5 Å². The smallest absolute Gasteiger partial charge is 0.331 e. The molecular weight excluding hydrogens is 488 g/mol. The molecule has 0 radical (unpaired) electrons. The Bertz CT molecular complexity index is 825. The highest BCUT2D eigenvalue weighted by Crippen LogP contribution is 2.37. The largest absolute Gasteiger partial charge is 0.512 e. The first kappa shape index (κ1) is 38.8. The van der Waals surface area contributed by atoms with E-state index in [0.717, 1.165) is 44.9 Å². The molecule has 5 nitrogen and oxygen atoms in total. The molecule has 2 aliphatic rings. The SMILES string of the molecule is C=C(C(=O)O)C1CCC(C)/C=C\C(=C=O)C(C)C[C@H]1CCC.CC.CC(=O)CC(C)C.CC/C=C(/O)C1CC1. The van der Waals surface area contributed by atoms with E-state index in [1.54, 1.807) is 6.92 Å². The number of ketones is 1. The number of aliphatic carboxylic acids is 1. The molecule has 2 N–H and O–H groups in total. The maximum Gasteiger partial charge on any atom is 0.331 e. The van der Waals surface area contributed by atoms with Crippen LogP contribution in [-0.4, -0.2) is 27.9 Å². The van der Waals surface area contributed by atoms with Crippen molar-refractivity contribution in [2.24, 2.45) is 35.5 Å². The molecular formula is C34H58O5. The summed E-state index contributed by atoms with van der Waals surface area (Å²) in [7, 11) is 0. The van der Waals surface area contributed by atoms with Gasteiger partial charge in [0.2, 0.25) is 0 Å². The molecule has 0 heterocycles. The molecule has 1 fully saturated rings. The van der Waals surface area contributed by atoms with Gasteiger partial charge in [0.25, 0.3) is 0 Å². The van der Waals surface area contributed by atoms with Gasteiger partial charge in [0.15, 0.2) is 0 Å². The van der Waals surface area contributed by atoms with Gasteiger partial charge in [0.1, 0.15) is 11.7 Å². The molecule has 4 atom stereocenters. The van der Waals surface area contributed by atoms with Crippen molar-refractivity contribution in [2.45, 2.75) is 120 Å². The monoisotopic (exact) mass is 546 g/mol.